The number of anilines is 1. The number of phenols is 1. The normalized spacial score (nSPS) is 10.2. The molecule has 3 aromatic rings. The van der Waals surface area contributed by atoms with Crippen LogP contribution in [0.5, 0.6) is 5.75 Å². The van der Waals surface area contributed by atoms with Crippen molar-refractivity contribution < 1.29 is 23.8 Å². The van der Waals surface area contributed by atoms with Crippen LogP contribution in [-0.4, -0.2) is 23.6 Å². The number of carbonyl (C=O) groups is 2. The number of amides is 1. The molecule has 0 unspecified atom stereocenters. The fraction of sp³-hybridized carbons (Fsp3) is 0.0556. The third-order valence-electron chi connectivity index (χ3n) is 3.42. The second-order valence-electron chi connectivity index (χ2n) is 5.06. The van der Waals surface area contributed by atoms with Crippen LogP contribution >= 0.6 is 0 Å². The molecule has 124 valence electrons. The summed E-state index contributed by atoms with van der Waals surface area (Å²) < 4.78 is 10.2. The summed E-state index contributed by atoms with van der Waals surface area (Å²) in [6, 6.07) is 14.6. The predicted octanol–water partition coefficient (Wildman–Crippen LogP) is 2.81. The molecule has 0 spiro atoms. The van der Waals surface area contributed by atoms with Gasteiger partial charge in [-0.1, -0.05) is 24.3 Å². The molecule has 7 nitrogen and oxygen atoms in total. The molecule has 2 aromatic carbocycles. The van der Waals surface area contributed by atoms with Gasteiger partial charge in [0.2, 0.25) is 5.76 Å². The summed E-state index contributed by atoms with van der Waals surface area (Å²) in [4.78, 5) is 23.9. The quantitative estimate of drug-likeness (QED) is 0.708. The summed E-state index contributed by atoms with van der Waals surface area (Å²) in [5, 5.41) is 21.8. The monoisotopic (exact) mass is 336 g/mol. The Hall–Kier alpha value is -3.79. The topological polar surface area (TPSA) is 113 Å². The molecule has 0 saturated heterocycles. The number of nitrogens with zero attached hydrogens (tertiary/aromatic N) is 1. The number of benzene rings is 2. The van der Waals surface area contributed by atoms with E-state index in [1.807, 2.05) is 6.07 Å². The van der Waals surface area contributed by atoms with Crippen molar-refractivity contribution in [1.82, 2.24) is 0 Å². The second-order valence-corrected chi connectivity index (χ2v) is 5.06. The minimum atomic E-state index is -0.828. The average molecular weight is 336 g/mol. The minimum Gasteiger partial charge on any atom is -0.507 e. The molecule has 2 N–H and O–H groups in total. The molecule has 7 heteroatoms. The van der Waals surface area contributed by atoms with Crippen LogP contribution in [0.25, 0.3) is 11.0 Å². The first-order chi connectivity index (χ1) is 12.1. The molecule has 0 radical (unpaired) electrons. The zero-order valence-electron chi connectivity index (χ0n) is 12.9. The SMILES string of the molecule is N#Cc1oc2ccccc2c1NC(=O)COC(=O)c1ccccc1O. The predicted molar refractivity (Wildman–Crippen MR) is 87.9 cm³/mol. The van der Waals surface area contributed by atoms with Gasteiger partial charge in [0.1, 0.15) is 28.7 Å². The molecule has 0 saturated carbocycles. The highest BCUT2D eigenvalue weighted by Crippen LogP contribution is 2.30. The molecule has 0 bridgehead atoms. The molecule has 0 aliphatic carbocycles. The Morgan fingerprint density at radius 2 is 1.88 bits per heavy atom. The van der Waals surface area contributed by atoms with Crippen molar-refractivity contribution in [3.8, 4) is 11.8 Å². The Morgan fingerprint density at radius 1 is 1.16 bits per heavy atom. The summed E-state index contributed by atoms with van der Waals surface area (Å²) in [5.74, 6) is -1.74. The van der Waals surface area contributed by atoms with Crippen LogP contribution in [-0.2, 0) is 9.53 Å². The van der Waals surface area contributed by atoms with Crippen molar-refractivity contribution in [3.05, 3.63) is 59.9 Å². The fourth-order valence-electron chi connectivity index (χ4n) is 2.28. The van der Waals surface area contributed by atoms with E-state index in [2.05, 4.69) is 5.32 Å². The Bertz CT molecular complexity index is 1000. The highest BCUT2D eigenvalue weighted by atomic mass is 16.5. The number of carbonyl (C=O) groups excluding carboxylic acids is 2. The zero-order valence-corrected chi connectivity index (χ0v) is 12.9. The van der Waals surface area contributed by atoms with Crippen molar-refractivity contribution in [2.75, 3.05) is 11.9 Å². The lowest BCUT2D eigenvalue weighted by atomic mass is 10.2. The van der Waals surface area contributed by atoms with Crippen molar-refractivity contribution in [2.45, 2.75) is 0 Å². The molecule has 1 amide bonds. The van der Waals surface area contributed by atoms with E-state index < -0.39 is 18.5 Å². The van der Waals surface area contributed by atoms with E-state index in [1.54, 1.807) is 36.4 Å². The molecule has 1 aromatic heterocycles. The molecular weight excluding hydrogens is 324 g/mol. The number of nitrogens with one attached hydrogen (secondary N) is 1. The van der Waals surface area contributed by atoms with Gasteiger partial charge in [-0.15, -0.1) is 0 Å². The number of furan rings is 1. The smallest absolute Gasteiger partial charge is 0.342 e. The third-order valence-corrected chi connectivity index (χ3v) is 3.42. The van der Waals surface area contributed by atoms with Gasteiger partial charge in [0.15, 0.2) is 6.61 Å². The number of nitriles is 1. The molecule has 3 rings (SSSR count). The Kier molecular flexibility index (Phi) is 4.35. The number of ether oxygens (including phenoxy) is 1. The molecular formula is C18H12N2O5. The maximum atomic E-state index is 12.0. The van der Waals surface area contributed by atoms with Gasteiger partial charge < -0.3 is 19.6 Å². The molecule has 0 aliphatic rings. The van der Waals surface area contributed by atoms with Crippen molar-refractivity contribution in [2.24, 2.45) is 0 Å². The van der Waals surface area contributed by atoms with Crippen LogP contribution in [0.3, 0.4) is 0 Å². The van der Waals surface area contributed by atoms with Crippen LogP contribution in [0.1, 0.15) is 16.1 Å². The summed E-state index contributed by atoms with van der Waals surface area (Å²) in [5.41, 5.74) is 0.643. The Labute approximate surface area is 142 Å². The number of phenolic OH excluding ortho intramolecular Hbond substituents is 1. The standard InChI is InChI=1S/C18H12N2O5/c19-9-15-17(12-6-2-4-8-14(12)25-15)20-16(22)10-24-18(23)11-5-1-3-7-13(11)21/h1-8,21H,10H2,(H,20,22). The van der Waals surface area contributed by atoms with Crippen molar-refractivity contribution >= 4 is 28.5 Å². The van der Waals surface area contributed by atoms with Crippen molar-refractivity contribution in [1.29, 1.82) is 5.26 Å². The number of para-hydroxylation sites is 2. The van der Waals surface area contributed by atoms with Gasteiger partial charge in [-0.25, -0.2) is 4.79 Å². The third kappa shape index (κ3) is 3.28. The van der Waals surface area contributed by atoms with E-state index in [1.165, 1.54) is 12.1 Å². The Morgan fingerprint density at radius 3 is 2.64 bits per heavy atom. The molecule has 0 atom stereocenters. The van der Waals surface area contributed by atoms with E-state index in [0.717, 1.165) is 0 Å². The number of esters is 1. The number of hydrogen-bond donors (Lipinski definition) is 2. The number of fused-ring (bicyclic) bond motifs is 1. The molecule has 0 fully saturated rings. The van der Waals surface area contributed by atoms with E-state index in [-0.39, 0.29) is 22.8 Å². The lowest BCUT2D eigenvalue weighted by Gasteiger charge is -2.07. The van der Waals surface area contributed by atoms with Gasteiger partial charge in [-0.3, -0.25) is 4.79 Å². The van der Waals surface area contributed by atoms with Gasteiger partial charge in [0.05, 0.1) is 0 Å². The average Bonchev–Trinajstić information content (AvgIpc) is 2.98. The van der Waals surface area contributed by atoms with Crippen molar-refractivity contribution in [3.63, 3.8) is 0 Å². The second kappa shape index (κ2) is 6.76. The Balaban J connectivity index is 1.71. The van der Waals surface area contributed by atoms with Crippen LogP contribution < -0.4 is 5.32 Å². The van der Waals surface area contributed by atoms with Gasteiger partial charge in [0.25, 0.3) is 5.91 Å². The maximum absolute atomic E-state index is 12.0. The highest BCUT2D eigenvalue weighted by molar-refractivity contribution is 6.04. The molecule has 1 heterocycles. The molecule has 0 aliphatic heterocycles. The van der Waals surface area contributed by atoms with E-state index in [9.17, 15) is 14.7 Å². The van der Waals surface area contributed by atoms with Crippen LogP contribution in [0, 0.1) is 11.3 Å². The molecule has 25 heavy (non-hydrogen) atoms. The zero-order chi connectivity index (χ0) is 17.8. The lowest BCUT2D eigenvalue weighted by Crippen LogP contribution is -2.21. The van der Waals surface area contributed by atoms with E-state index in [0.29, 0.717) is 11.0 Å². The van der Waals surface area contributed by atoms with E-state index >= 15 is 0 Å². The summed E-state index contributed by atoms with van der Waals surface area (Å²) in [6.45, 7) is -0.572. The fourth-order valence-corrected chi connectivity index (χ4v) is 2.28. The maximum Gasteiger partial charge on any atom is 0.342 e. The first-order valence-electron chi connectivity index (χ1n) is 7.26. The largest absolute Gasteiger partial charge is 0.507 e. The first-order valence-corrected chi connectivity index (χ1v) is 7.26. The summed E-state index contributed by atoms with van der Waals surface area (Å²) in [6.07, 6.45) is 0. The van der Waals surface area contributed by atoms with Gasteiger partial charge in [-0.2, -0.15) is 5.26 Å². The highest BCUT2D eigenvalue weighted by Gasteiger charge is 2.18. The number of aromatic hydroxyl groups is 1. The summed E-state index contributed by atoms with van der Waals surface area (Å²) >= 11 is 0. The van der Waals surface area contributed by atoms with Gasteiger partial charge in [0, 0.05) is 5.39 Å². The van der Waals surface area contributed by atoms with E-state index in [4.69, 9.17) is 14.4 Å². The van der Waals surface area contributed by atoms with Crippen LogP contribution in [0.15, 0.2) is 52.9 Å². The minimum absolute atomic E-state index is 0.0400. The van der Waals surface area contributed by atoms with Crippen LogP contribution in [0.4, 0.5) is 5.69 Å². The first kappa shape index (κ1) is 16.1. The number of hydrogen-bond acceptors (Lipinski definition) is 6. The summed E-state index contributed by atoms with van der Waals surface area (Å²) in [7, 11) is 0. The van der Waals surface area contributed by atoms with Crippen LogP contribution in [0.2, 0.25) is 0 Å². The lowest BCUT2D eigenvalue weighted by molar-refractivity contribution is -0.119. The van der Waals surface area contributed by atoms with Gasteiger partial charge >= 0.3 is 5.97 Å². The number of rotatable bonds is 4. The van der Waals surface area contributed by atoms with Gasteiger partial charge in [-0.05, 0) is 24.3 Å².